The lowest BCUT2D eigenvalue weighted by atomic mass is 9.86. The van der Waals surface area contributed by atoms with Gasteiger partial charge in [-0.2, -0.15) is 0 Å². The number of nitrogens with zero attached hydrogens (tertiary/aromatic N) is 2. The molecule has 1 aliphatic heterocycles. The number of thioether (sulfide) groups is 1. The number of amides is 1. The number of hydrogen-bond donors (Lipinski definition) is 4. The van der Waals surface area contributed by atoms with E-state index in [4.69, 9.17) is 0 Å². The number of aromatic nitrogens is 2. The maximum absolute atomic E-state index is 11.4. The van der Waals surface area contributed by atoms with Gasteiger partial charge in [0.2, 0.25) is 5.95 Å². The second-order valence-corrected chi connectivity index (χ2v) is 9.14. The van der Waals surface area contributed by atoms with Crippen molar-refractivity contribution in [3.63, 3.8) is 0 Å². The summed E-state index contributed by atoms with van der Waals surface area (Å²) in [6, 6.07) is 12.7. The summed E-state index contributed by atoms with van der Waals surface area (Å²) in [6.07, 6.45) is 8.12. The number of anilines is 1. The van der Waals surface area contributed by atoms with Crippen LogP contribution in [0.5, 0.6) is 0 Å². The standard InChI is InChI=1S/C23H29N5O2S/c29-21-20(31-23(30)28-21)14-19-11-13-25-22(27-19)26-18-8-6-17(7-9-18)15-24-12-10-16-4-2-1-3-5-16/h1-5,11,13-14,17-18,21,24,29H,6-10,12,15H2,(H,28,30)(H,25,26,27)/b20-14-. The van der Waals surface area contributed by atoms with Crippen LogP contribution in [0.4, 0.5) is 10.7 Å². The number of aliphatic hydroxyl groups excluding tert-OH is 1. The maximum Gasteiger partial charge on any atom is 0.285 e. The summed E-state index contributed by atoms with van der Waals surface area (Å²) < 4.78 is 0. The molecule has 1 saturated heterocycles. The zero-order chi connectivity index (χ0) is 21.5. The molecule has 4 N–H and O–H groups in total. The minimum Gasteiger partial charge on any atom is -0.369 e. The minimum atomic E-state index is -0.958. The SMILES string of the molecule is O=C1NC(O)/C(=C/c2ccnc(NC3CCC(CNCCc4ccccc4)CC3)n2)S1. The minimum absolute atomic E-state index is 0.252. The molecule has 1 aliphatic carbocycles. The molecule has 7 nitrogen and oxygen atoms in total. The fraction of sp³-hybridized carbons (Fsp3) is 0.435. The van der Waals surface area contributed by atoms with Crippen molar-refractivity contribution in [1.29, 1.82) is 0 Å². The number of aliphatic hydroxyl groups is 1. The predicted molar refractivity (Wildman–Crippen MR) is 125 cm³/mol. The second kappa shape index (κ2) is 10.7. The van der Waals surface area contributed by atoms with Gasteiger partial charge >= 0.3 is 0 Å². The first-order valence-corrected chi connectivity index (χ1v) is 11.7. The molecule has 0 spiro atoms. The molecule has 4 rings (SSSR count). The summed E-state index contributed by atoms with van der Waals surface area (Å²) >= 11 is 0.991. The molecule has 164 valence electrons. The van der Waals surface area contributed by atoms with E-state index in [2.05, 4.69) is 56.3 Å². The van der Waals surface area contributed by atoms with E-state index in [1.165, 1.54) is 18.4 Å². The molecule has 1 unspecified atom stereocenters. The van der Waals surface area contributed by atoms with Crippen molar-refractivity contribution >= 4 is 29.0 Å². The van der Waals surface area contributed by atoms with E-state index >= 15 is 0 Å². The van der Waals surface area contributed by atoms with Crippen molar-refractivity contribution in [3.8, 4) is 0 Å². The molecule has 1 atom stereocenters. The molecule has 0 bridgehead atoms. The number of rotatable bonds is 8. The van der Waals surface area contributed by atoms with Gasteiger partial charge in [-0.1, -0.05) is 30.3 Å². The first-order valence-electron chi connectivity index (χ1n) is 10.9. The van der Waals surface area contributed by atoms with E-state index in [0.29, 0.717) is 22.6 Å². The summed E-state index contributed by atoms with van der Waals surface area (Å²) in [7, 11) is 0. The van der Waals surface area contributed by atoms with Crippen molar-refractivity contribution in [2.24, 2.45) is 5.92 Å². The monoisotopic (exact) mass is 439 g/mol. The zero-order valence-electron chi connectivity index (χ0n) is 17.5. The molecule has 2 fully saturated rings. The van der Waals surface area contributed by atoms with E-state index in [0.717, 1.165) is 50.0 Å². The molecule has 2 aromatic rings. The maximum atomic E-state index is 11.4. The molecule has 0 radical (unpaired) electrons. The lowest BCUT2D eigenvalue weighted by molar-refractivity contribution is 0.192. The number of carbonyl (C=O) groups is 1. The number of hydrogen-bond acceptors (Lipinski definition) is 7. The van der Waals surface area contributed by atoms with E-state index in [1.54, 1.807) is 18.3 Å². The van der Waals surface area contributed by atoms with Gasteiger partial charge in [-0.3, -0.25) is 4.79 Å². The van der Waals surface area contributed by atoms with Crippen molar-refractivity contribution in [1.82, 2.24) is 20.6 Å². The van der Waals surface area contributed by atoms with Crippen molar-refractivity contribution in [2.75, 3.05) is 18.4 Å². The van der Waals surface area contributed by atoms with Gasteiger partial charge in [-0.05, 0) is 80.6 Å². The van der Waals surface area contributed by atoms with Crippen LogP contribution in [0.1, 0.15) is 36.9 Å². The van der Waals surface area contributed by atoms with Crippen LogP contribution in [-0.4, -0.2) is 45.7 Å². The van der Waals surface area contributed by atoms with Crippen LogP contribution >= 0.6 is 11.8 Å². The fourth-order valence-corrected chi connectivity index (χ4v) is 4.76. The molecular weight excluding hydrogens is 410 g/mol. The molecule has 1 aromatic carbocycles. The molecule has 1 saturated carbocycles. The van der Waals surface area contributed by atoms with E-state index in [-0.39, 0.29) is 5.24 Å². The Morgan fingerprint density at radius 3 is 2.71 bits per heavy atom. The van der Waals surface area contributed by atoms with Gasteiger partial charge in [-0.25, -0.2) is 9.97 Å². The third kappa shape index (κ3) is 6.53. The fourth-order valence-electron chi connectivity index (χ4n) is 4.03. The third-order valence-corrected chi connectivity index (χ3v) is 6.63. The van der Waals surface area contributed by atoms with Gasteiger partial charge in [0.25, 0.3) is 5.24 Å². The second-order valence-electron chi connectivity index (χ2n) is 8.09. The molecule has 31 heavy (non-hydrogen) atoms. The van der Waals surface area contributed by atoms with E-state index in [1.807, 2.05) is 0 Å². The van der Waals surface area contributed by atoms with E-state index < -0.39 is 6.23 Å². The Kier molecular flexibility index (Phi) is 7.56. The highest BCUT2D eigenvalue weighted by Crippen LogP contribution is 2.28. The average molecular weight is 440 g/mol. The zero-order valence-corrected chi connectivity index (χ0v) is 18.3. The lowest BCUT2D eigenvalue weighted by Gasteiger charge is -2.29. The molecule has 8 heteroatoms. The number of nitrogens with one attached hydrogen (secondary N) is 3. The van der Waals surface area contributed by atoms with E-state index in [9.17, 15) is 9.90 Å². The summed E-state index contributed by atoms with van der Waals surface area (Å²) in [5.74, 6) is 1.31. The number of benzene rings is 1. The summed E-state index contributed by atoms with van der Waals surface area (Å²) in [5.41, 5.74) is 2.05. The van der Waals surface area contributed by atoms with Crippen LogP contribution in [-0.2, 0) is 6.42 Å². The normalized spacial score (nSPS) is 24.9. The quantitative estimate of drug-likeness (QED) is 0.468. The van der Waals surface area contributed by atoms with Crippen LogP contribution in [0.3, 0.4) is 0 Å². The Hall–Kier alpha value is -2.42. The third-order valence-electron chi connectivity index (χ3n) is 5.75. The largest absolute Gasteiger partial charge is 0.369 e. The van der Waals surface area contributed by atoms with Gasteiger partial charge < -0.3 is 21.1 Å². The first kappa shape index (κ1) is 21.8. The smallest absolute Gasteiger partial charge is 0.285 e. The van der Waals surface area contributed by atoms with Crippen molar-refractivity contribution < 1.29 is 9.90 Å². The summed E-state index contributed by atoms with van der Waals surface area (Å²) in [6.45, 7) is 2.10. The molecule has 1 aromatic heterocycles. The van der Waals surface area contributed by atoms with Crippen molar-refractivity contribution in [3.05, 3.63) is 58.8 Å². The van der Waals surface area contributed by atoms with Crippen LogP contribution < -0.4 is 16.0 Å². The van der Waals surface area contributed by atoms with Gasteiger partial charge in [0, 0.05) is 17.1 Å². The Morgan fingerprint density at radius 1 is 1.16 bits per heavy atom. The Morgan fingerprint density at radius 2 is 1.97 bits per heavy atom. The topological polar surface area (TPSA) is 99.2 Å². The molecule has 2 aliphatic rings. The Labute approximate surface area is 187 Å². The summed E-state index contributed by atoms with van der Waals surface area (Å²) in [5, 5.41) is 19.1. The van der Waals surface area contributed by atoms with Crippen LogP contribution in [0, 0.1) is 5.92 Å². The molecule has 2 heterocycles. The molecular formula is C23H29N5O2S. The van der Waals surface area contributed by atoms with Gasteiger partial charge in [0.1, 0.15) is 0 Å². The van der Waals surface area contributed by atoms with Crippen LogP contribution in [0.2, 0.25) is 0 Å². The predicted octanol–water partition coefficient (Wildman–Crippen LogP) is 3.40. The van der Waals surface area contributed by atoms with Crippen LogP contribution in [0.25, 0.3) is 6.08 Å². The highest BCUT2D eigenvalue weighted by Gasteiger charge is 2.25. The highest BCUT2D eigenvalue weighted by atomic mass is 32.2. The Balaban J connectivity index is 1.19. The van der Waals surface area contributed by atoms with Crippen molar-refractivity contribution in [2.45, 2.75) is 44.4 Å². The average Bonchev–Trinajstić information content (AvgIpc) is 3.10. The van der Waals surface area contributed by atoms with Gasteiger partial charge in [0.05, 0.1) is 5.69 Å². The summed E-state index contributed by atoms with van der Waals surface area (Å²) in [4.78, 5) is 20.8. The Bertz CT molecular complexity index is 900. The molecule has 1 amide bonds. The highest BCUT2D eigenvalue weighted by molar-refractivity contribution is 8.17. The van der Waals surface area contributed by atoms with Gasteiger partial charge in [0.15, 0.2) is 6.23 Å². The van der Waals surface area contributed by atoms with Crippen LogP contribution in [0.15, 0.2) is 47.5 Å². The lowest BCUT2D eigenvalue weighted by Crippen LogP contribution is -2.32. The first-order chi connectivity index (χ1) is 15.2. The number of carbonyl (C=O) groups excluding carboxylic acids is 1. The van der Waals surface area contributed by atoms with Gasteiger partial charge in [-0.15, -0.1) is 0 Å².